The van der Waals surface area contributed by atoms with E-state index in [-0.39, 0.29) is 0 Å². The molecule has 5 nitrogen and oxygen atoms in total. The van der Waals surface area contributed by atoms with Crippen LogP contribution in [0.1, 0.15) is 43.5 Å². The number of hydrogen-bond donors (Lipinski definition) is 1. The third-order valence-electron chi connectivity index (χ3n) is 6.38. The number of nitrogens with zero attached hydrogens (tertiary/aromatic N) is 3. The smallest absolute Gasteiger partial charge is 0.194 e. The van der Waals surface area contributed by atoms with Crippen molar-refractivity contribution in [2.75, 3.05) is 52.5 Å². The van der Waals surface area contributed by atoms with Gasteiger partial charge in [-0.05, 0) is 43.0 Å². The molecule has 1 N–H and O–H groups in total. The zero-order valence-corrected chi connectivity index (χ0v) is 17.4. The Hall–Kier alpha value is -1.11. The number of aliphatic imine (C=N–C) groups is 1. The Balaban J connectivity index is 1.47. The molecule has 0 aromatic carbocycles. The van der Waals surface area contributed by atoms with Crippen molar-refractivity contribution in [3.63, 3.8) is 0 Å². The minimum absolute atomic E-state index is 0.368. The molecule has 3 unspecified atom stereocenters. The molecule has 3 atom stereocenters. The van der Waals surface area contributed by atoms with E-state index in [0.717, 1.165) is 57.2 Å². The van der Waals surface area contributed by atoms with Crippen LogP contribution in [0.4, 0.5) is 0 Å². The first-order chi connectivity index (χ1) is 13.3. The number of morpholine rings is 1. The number of fused-ring (bicyclic) bond motifs is 1. The van der Waals surface area contributed by atoms with E-state index in [0.29, 0.717) is 6.04 Å². The SMILES string of the molecule is CCNC(=NCC(c1cccs1)N1CCOCC1)N1CC2CCCCC2C1. The van der Waals surface area contributed by atoms with Crippen LogP contribution in [0.5, 0.6) is 0 Å². The monoisotopic (exact) mass is 390 g/mol. The molecule has 4 rings (SSSR count). The van der Waals surface area contributed by atoms with Crippen LogP contribution in [-0.2, 0) is 4.74 Å². The summed E-state index contributed by atoms with van der Waals surface area (Å²) >= 11 is 1.85. The van der Waals surface area contributed by atoms with Crippen LogP contribution in [0.2, 0.25) is 0 Å². The lowest BCUT2D eigenvalue weighted by atomic mass is 9.82. The number of likely N-dealkylation sites (tertiary alicyclic amines) is 1. The fraction of sp³-hybridized carbons (Fsp3) is 0.762. The summed E-state index contributed by atoms with van der Waals surface area (Å²) in [4.78, 5) is 11.6. The van der Waals surface area contributed by atoms with E-state index < -0.39 is 0 Å². The molecular weight excluding hydrogens is 356 g/mol. The van der Waals surface area contributed by atoms with Gasteiger partial charge in [0.25, 0.3) is 0 Å². The summed E-state index contributed by atoms with van der Waals surface area (Å²) in [7, 11) is 0. The lowest BCUT2D eigenvalue weighted by Crippen LogP contribution is -2.42. The van der Waals surface area contributed by atoms with Gasteiger partial charge in [0.15, 0.2) is 5.96 Å². The van der Waals surface area contributed by atoms with Gasteiger partial charge in [-0.15, -0.1) is 11.3 Å². The molecule has 3 heterocycles. The summed E-state index contributed by atoms with van der Waals surface area (Å²) in [5.41, 5.74) is 0. The number of thiophene rings is 1. The molecule has 0 radical (unpaired) electrons. The van der Waals surface area contributed by atoms with Gasteiger partial charge < -0.3 is 15.0 Å². The largest absolute Gasteiger partial charge is 0.379 e. The predicted molar refractivity (Wildman–Crippen MR) is 112 cm³/mol. The standard InChI is InChI=1S/C21H34N4OS/c1-2-22-21(25-15-17-6-3-4-7-18(17)16-25)23-14-19(20-8-5-13-27-20)24-9-11-26-12-10-24/h5,8,13,17-19H,2-4,6-7,9-12,14-16H2,1H3,(H,22,23). The summed E-state index contributed by atoms with van der Waals surface area (Å²) in [6, 6.07) is 4.79. The first-order valence-corrected chi connectivity index (χ1v) is 11.6. The third-order valence-corrected chi connectivity index (χ3v) is 7.36. The number of guanidine groups is 1. The van der Waals surface area contributed by atoms with Crippen molar-refractivity contribution in [1.82, 2.24) is 15.1 Å². The van der Waals surface area contributed by atoms with Crippen LogP contribution in [-0.4, -0.2) is 68.2 Å². The zero-order valence-electron chi connectivity index (χ0n) is 16.6. The Bertz CT molecular complexity index is 585. The highest BCUT2D eigenvalue weighted by Crippen LogP contribution is 2.36. The van der Waals surface area contributed by atoms with E-state index >= 15 is 0 Å². The van der Waals surface area contributed by atoms with Crippen molar-refractivity contribution in [2.24, 2.45) is 16.8 Å². The van der Waals surface area contributed by atoms with Crippen LogP contribution in [0, 0.1) is 11.8 Å². The molecule has 1 aromatic rings. The molecule has 0 amide bonds. The van der Waals surface area contributed by atoms with Gasteiger partial charge in [0.2, 0.25) is 0 Å². The zero-order chi connectivity index (χ0) is 18.5. The normalized spacial score (nSPS) is 28.2. The molecule has 0 bridgehead atoms. The van der Waals surface area contributed by atoms with Gasteiger partial charge in [-0.25, -0.2) is 0 Å². The second-order valence-corrected chi connectivity index (χ2v) is 9.06. The van der Waals surface area contributed by atoms with Gasteiger partial charge in [0, 0.05) is 37.6 Å². The van der Waals surface area contributed by atoms with Crippen molar-refractivity contribution >= 4 is 17.3 Å². The summed E-state index contributed by atoms with van der Waals surface area (Å²) in [5.74, 6) is 2.90. The van der Waals surface area contributed by atoms with Crippen molar-refractivity contribution < 1.29 is 4.74 Å². The van der Waals surface area contributed by atoms with Crippen LogP contribution in [0.15, 0.2) is 22.5 Å². The van der Waals surface area contributed by atoms with Crippen molar-refractivity contribution in [2.45, 2.75) is 38.6 Å². The van der Waals surface area contributed by atoms with Crippen LogP contribution >= 0.6 is 11.3 Å². The molecule has 3 fully saturated rings. The van der Waals surface area contributed by atoms with E-state index in [1.54, 1.807) is 0 Å². The molecule has 6 heteroatoms. The molecule has 2 saturated heterocycles. The van der Waals surface area contributed by atoms with Crippen LogP contribution < -0.4 is 5.32 Å². The highest BCUT2D eigenvalue weighted by atomic mass is 32.1. The highest BCUT2D eigenvalue weighted by molar-refractivity contribution is 7.10. The van der Waals surface area contributed by atoms with Crippen LogP contribution in [0.3, 0.4) is 0 Å². The molecule has 1 saturated carbocycles. The number of hydrogen-bond acceptors (Lipinski definition) is 4. The fourth-order valence-electron chi connectivity index (χ4n) is 4.93. The van der Waals surface area contributed by atoms with Gasteiger partial charge in [-0.3, -0.25) is 9.89 Å². The van der Waals surface area contributed by atoms with E-state index in [1.807, 2.05) is 11.3 Å². The molecule has 3 aliphatic rings. The topological polar surface area (TPSA) is 40.1 Å². The van der Waals surface area contributed by atoms with E-state index in [1.165, 1.54) is 43.6 Å². The molecule has 0 spiro atoms. The lowest BCUT2D eigenvalue weighted by Gasteiger charge is -2.33. The summed E-state index contributed by atoms with van der Waals surface area (Å²) in [6.45, 7) is 10.0. The van der Waals surface area contributed by atoms with E-state index in [2.05, 4.69) is 39.6 Å². The maximum absolute atomic E-state index is 5.57. The number of nitrogens with one attached hydrogen (secondary N) is 1. The number of rotatable bonds is 5. The Kier molecular flexibility index (Phi) is 6.69. The quantitative estimate of drug-likeness (QED) is 0.619. The van der Waals surface area contributed by atoms with Crippen molar-refractivity contribution in [3.8, 4) is 0 Å². The Labute approximate surface area is 167 Å². The van der Waals surface area contributed by atoms with Gasteiger partial charge >= 0.3 is 0 Å². The second-order valence-electron chi connectivity index (χ2n) is 8.08. The lowest BCUT2D eigenvalue weighted by molar-refractivity contribution is 0.0186. The second kappa shape index (κ2) is 9.39. The van der Waals surface area contributed by atoms with E-state index in [9.17, 15) is 0 Å². The Morgan fingerprint density at radius 2 is 2.00 bits per heavy atom. The highest BCUT2D eigenvalue weighted by Gasteiger charge is 2.35. The molecule has 27 heavy (non-hydrogen) atoms. The average Bonchev–Trinajstić information content (AvgIpc) is 3.38. The van der Waals surface area contributed by atoms with E-state index in [4.69, 9.17) is 9.73 Å². The predicted octanol–water partition coefficient (Wildman–Crippen LogP) is 3.21. The maximum Gasteiger partial charge on any atom is 0.194 e. The average molecular weight is 391 g/mol. The molecule has 1 aromatic heterocycles. The van der Waals surface area contributed by atoms with Crippen molar-refractivity contribution in [1.29, 1.82) is 0 Å². The summed E-state index contributed by atoms with van der Waals surface area (Å²) in [6.07, 6.45) is 5.65. The molecule has 150 valence electrons. The Morgan fingerprint density at radius 1 is 1.26 bits per heavy atom. The van der Waals surface area contributed by atoms with Gasteiger partial charge in [-0.2, -0.15) is 0 Å². The third kappa shape index (κ3) is 4.66. The minimum Gasteiger partial charge on any atom is -0.379 e. The minimum atomic E-state index is 0.368. The van der Waals surface area contributed by atoms with Crippen molar-refractivity contribution in [3.05, 3.63) is 22.4 Å². The molecule has 2 aliphatic heterocycles. The number of ether oxygens (including phenoxy) is 1. The molecule has 1 aliphatic carbocycles. The fourth-order valence-corrected chi connectivity index (χ4v) is 5.79. The van der Waals surface area contributed by atoms with Gasteiger partial charge in [-0.1, -0.05) is 18.9 Å². The first kappa shape index (κ1) is 19.2. The summed E-state index contributed by atoms with van der Waals surface area (Å²) in [5, 5.41) is 5.76. The maximum atomic E-state index is 5.57. The van der Waals surface area contributed by atoms with Gasteiger partial charge in [0.1, 0.15) is 0 Å². The first-order valence-electron chi connectivity index (χ1n) is 10.7. The molecular formula is C21H34N4OS. The summed E-state index contributed by atoms with van der Waals surface area (Å²) < 4.78 is 5.57. The Morgan fingerprint density at radius 3 is 2.63 bits per heavy atom. The van der Waals surface area contributed by atoms with Crippen LogP contribution in [0.25, 0.3) is 0 Å². The van der Waals surface area contributed by atoms with Gasteiger partial charge in [0.05, 0.1) is 25.8 Å².